The number of carbonyl (C=O) groups excluding carboxylic acids is 3. The van der Waals surface area contributed by atoms with Crippen LogP contribution in [-0.4, -0.2) is 36.6 Å². The molecule has 6 heteroatoms. The van der Waals surface area contributed by atoms with Crippen molar-refractivity contribution in [3.8, 4) is 0 Å². The van der Waals surface area contributed by atoms with E-state index < -0.39 is 17.7 Å². The Morgan fingerprint density at radius 3 is 2.36 bits per heavy atom. The molecule has 6 nitrogen and oxygen atoms in total. The molecular formula is C22H29NO5. The molecule has 0 bridgehead atoms. The van der Waals surface area contributed by atoms with E-state index in [1.165, 1.54) is 0 Å². The van der Waals surface area contributed by atoms with E-state index in [9.17, 15) is 14.4 Å². The van der Waals surface area contributed by atoms with Gasteiger partial charge in [0.25, 0.3) is 0 Å². The van der Waals surface area contributed by atoms with Crippen molar-refractivity contribution < 1.29 is 23.9 Å². The summed E-state index contributed by atoms with van der Waals surface area (Å²) < 4.78 is 10.7. The van der Waals surface area contributed by atoms with Crippen LogP contribution in [-0.2, 0) is 14.3 Å². The van der Waals surface area contributed by atoms with Crippen molar-refractivity contribution in [1.82, 2.24) is 5.32 Å². The zero-order valence-corrected chi connectivity index (χ0v) is 16.7. The molecule has 0 heterocycles. The van der Waals surface area contributed by atoms with Gasteiger partial charge in [-0.15, -0.1) is 0 Å². The van der Waals surface area contributed by atoms with E-state index in [0.717, 1.165) is 19.3 Å². The van der Waals surface area contributed by atoms with Gasteiger partial charge in [0, 0.05) is 11.1 Å². The summed E-state index contributed by atoms with van der Waals surface area (Å²) in [6.45, 7) is 7.50. The van der Waals surface area contributed by atoms with Crippen molar-refractivity contribution in [2.45, 2.75) is 51.6 Å². The third-order valence-corrected chi connectivity index (χ3v) is 4.96. The number of benzene rings is 1. The van der Waals surface area contributed by atoms with E-state index in [2.05, 4.69) is 11.9 Å². The minimum atomic E-state index is -1.13. The van der Waals surface area contributed by atoms with Gasteiger partial charge in [-0.2, -0.15) is 0 Å². The highest BCUT2D eigenvalue weighted by molar-refractivity contribution is 6.03. The lowest BCUT2D eigenvalue weighted by atomic mass is 9.79. The maximum absolute atomic E-state index is 13.0. The van der Waals surface area contributed by atoms with Crippen LogP contribution in [0.15, 0.2) is 42.5 Å². The van der Waals surface area contributed by atoms with Gasteiger partial charge in [-0.3, -0.25) is 4.79 Å². The zero-order chi connectivity index (χ0) is 20.6. The lowest BCUT2D eigenvalue weighted by Crippen LogP contribution is -2.47. The first-order chi connectivity index (χ1) is 13.4. The number of alkyl carbamates (subject to hydrolysis) is 1. The van der Waals surface area contributed by atoms with Crippen LogP contribution in [0.25, 0.3) is 0 Å². The standard InChI is InChI=1S/C22H29NO5/c1-16(2)17(3)20(25)27-15-14-23-21(26)28-22(12-8-5-9-13-22)19(24)18-10-6-4-7-11-18/h4,6-7,10-11,16H,3,5,8-9,12-15H2,1-2H3,(H,23,26). The van der Waals surface area contributed by atoms with E-state index >= 15 is 0 Å². The molecule has 0 saturated heterocycles. The molecular weight excluding hydrogens is 358 g/mol. The number of ether oxygens (including phenoxy) is 2. The number of Topliss-reactive ketones (excluding diaryl/α,β-unsaturated/α-hetero) is 1. The number of rotatable bonds is 8. The third kappa shape index (κ3) is 5.68. The highest BCUT2D eigenvalue weighted by Crippen LogP contribution is 2.34. The summed E-state index contributed by atoms with van der Waals surface area (Å²) in [5.41, 5.74) is -0.206. The quantitative estimate of drug-likeness (QED) is 0.315. The molecule has 0 radical (unpaired) electrons. The predicted molar refractivity (Wildman–Crippen MR) is 106 cm³/mol. The van der Waals surface area contributed by atoms with Gasteiger partial charge in [-0.1, -0.05) is 57.2 Å². The summed E-state index contributed by atoms with van der Waals surface area (Å²) in [7, 11) is 0. The van der Waals surface area contributed by atoms with Crippen LogP contribution in [0.5, 0.6) is 0 Å². The number of nitrogens with one attached hydrogen (secondary N) is 1. The molecule has 1 fully saturated rings. The van der Waals surface area contributed by atoms with Gasteiger partial charge in [0.15, 0.2) is 5.60 Å². The fraction of sp³-hybridized carbons (Fsp3) is 0.500. The number of hydrogen-bond acceptors (Lipinski definition) is 5. The second-order valence-corrected chi connectivity index (χ2v) is 7.38. The highest BCUT2D eigenvalue weighted by atomic mass is 16.6. The van der Waals surface area contributed by atoms with Crippen molar-refractivity contribution in [3.05, 3.63) is 48.0 Å². The third-order valence-electron chi connectivity index (χ3n) is 4.96. The topological polar surface area (TPSA) is 81.7 Å². The fourth-order valence-electron chi connectivity index (χ4n) is 3.19. The van der Waals surface area contributed by atoms with Crippen LogP contribution in [0.1, 0.15) is 56.3 Å². The van der Waals surface area contributed by atoms with Gasteiger partial charge in [0.2, 0.25) is 5.78 Å². The van der Waals surface area contributed by atoms with Crippen molar-refractivity contribution in [2.24, 2.45) is 5.92 Å². The lowest BCUT2D eigenvalue weighted by Gasteiger charge is -2.35. The van der Waals surface area contributed by atoms with Crippen LogP contribution < -0.4 is 5.32 Å². The van der Waals surface area contributed by atoms with Crippen molar-refractivity contribution >= 4 is 17.8 Å². The Kier molecular flexibility index (Phi) is 7.79. The van der Waals surface area contributed by atoms with Gasteiger partial charge in [-0.05, 0) is 31.6 Å². The molecule has 1 aliphatic carbocycles. The maximum Gasteiger partial charge on any atom is 0.408 e. The number of hydrogen-bond donors (Lipinski definition) is 1. The molecule has 0 spiro atoms. The molecule has 1 aliphatic rings. The summed E-state index contributed by atoms with van der Waals surface area (Å²) in [6.07, 6.45) is 3.03. The number of amides is 1. The number of esters is 1. The van der Waals surface area contributed by atoms with Crippen molar-refractivity contribution in [2.75, 3.05) is 13.2 Å². The minimum absolute atomic E-state index is 0.000540. The van der Waals surface area contributed by atoms with E-state index in [1.807, 2.05) is 19.9 Å². The first-order valence-corrected chi connectivity index (χ1v) is 9.78. The average molecular weight is 387 g/mol. The highest BCUT2D eigenvalue weighted by Gasteiger charge is 2.43. The molecule has 1 aromatic rings. The van der Waals surface area contributed by atoms with Crippen LogP contribution in [0.2, 0.25) is 0 Å². The monoisotopic (exact) mass is 387 g/mol. The van der Waals surface area contributed by atoms with E-state index in [-0.39, 0.29) is 24.9 Å². The van der Waals surface area contributed by atoms with Crippen LogP contribution in [0, 0.1) is 5.92 Å². The average Bonchev–Trinajstić information content (AvgIpc) is 2.71. The normalized spacial score (nSPS) is 15.5. The molecule has 152 valence electrons. The van der Waals surface area contributed by atoms with Crippen LogP contribution in [0.4, 0.5) is 4.79 Å². The second-order valence-electron chi connectivity index (χ2n) is 7.38. The zero-order valence-electron chi connectivity index (χ0n) is 16.7. The Morgan fingerprint density at radius 2 is 1.75 bits per heavy atom. The van der Waals surface area contributed by atoms with Gasteiger partial charge in [0.1, 0.15) is 6.61 Å². The largest absolute Gasteiger partial charge is 0.460 e. The first-order valence-electron chi connectivity index (χ1n) is 9.78. The number of ketones is 1. The summed E-state index contributed by atoms with van der Waals surface area (Å²) in [5.74, 6) is -0.642. The van der Waals surface area contributed by atoms with E-state index in [0.29, 0.717) is 24.0 Å². The molecule has 2 rings (SSSR count). The number of carbonyl (C=O) groups is 3. The first kappa shape index (κ1) is 21.7. The van der Waals surface area contributed by atoms with Gasteiger partial charge < -0.3 is 14.8 Å². The molecule has 0 aliphatic heterocycles. The fourth-order valence-corrected chi connectivity index (χ4v) is 3.19. The molecule has 1 N–H and O–H groups in total. The molecule has 1 aromatic carbocycles. The summed E-state index contributed by atoms with van der Waals surface area (Å²) in [6, 6.07) is 8.90. The summed E-state index contributed by atoms with van der Waals surface area (Å²) in [5, 5.41) is 2.56. The van der Waals surface area contributed by atoms with Crippen LogP contribution in [0.3, 0.4) is 0 Å². The molecule has 1 saturated carbocycles. The van der Waals surface area contributed by atoms with Gasteiger partial charge in [-0.25, -0.2) is 9.59 Å². The maximum atomic E-state index is 13.0. The van der Waals surface area contributed by atoms with Crippen molar-refractivity contribution in [1.29, 1.82) is 0 Å². The second kappa shape index (κ2) is 10.1. The Labute approximate surface area is 166 Å². The summed E-state index contributed by atoms with van der Waals surface area (Å²) >= 11 is 0. The van der Waals surface area contributed by atoms with E-state index in [1.54, 1.807) is 24.3 Å². The van der Waals surface area contributed by atoms with E-state index in [4.69, 9.17) is 9.47 Å². The Morgan fingerprint density at radius 1 is 1.11 bits per heavy atom. The van der Waals surface area contributed by atoms with Gasteiger partial charge in [0.05, 0.1) is 6.54 Å². The van der Waals surface area contributed by atoms with Crippen molar-refractivity contribution in [3.63, 3.8) is 0 Å². The molecule has 28 heavy (non-hydrogen) atoms. The van der Waals surface area contributed by atoms with Crippen LogP contribution >= 0.6 is 0 Å². The minimum Gasteiger partial charge on any atom is -0.460 e. The van der Waals surface area contributed by atoms with Gasteiger partial charge >= 0.3 is 12.1 Å². The smallest absolute Gasteiger partial charge is 0.408 e. The lowest BCUT2D eigenvalue weighted by molar-refractivity contribution is -0.139. The SMILES string of the molecule is C=C(C(=O)OCCNC(=O)OC1(C(=O)c2ccccc2)CCCCC1)C(C)C. The molecule has 0 atom stereocenters. The Bertz CT molecular complexity index is 705. The predicted octanol–water partition coefficient (Wildman–Crippen LogP) is 4.05. The molecule has 0 aromatic heterocycles. The molecule has 0 unspecified atom stereocenters. The summed E-state index contributed by atoms with van der Waals surface area (Å²) in [4.78, 5) is 37.1. The molecule has 1 amide bonds. The Hall–Kier alpha value is -2.63. The Balaban J connectivity index is 1.90.